The fourth-order valence-electron chi connectivity index (χ4n) is 3.16. The molecule has 2 aromatic rings. The van der Waals surface area contributed by atoms with Gasteiger partial charge in [-0.25, -0.2) is 9.67 Å². The van der Waals surface area contributed by atoms with Crippen molar-refractivity contribution in [3.63, 3.8) is 0 Å². The average Bonchev–Trinajstić information content (AvgIpc) is 3.09. The molecule has 2 atom stereocenters. The van der Waals surface area contributed by atoms with Crippen molar-refractivity contribution in [2.24, 2.45) is 5.92 Å². The molecule has 1 N–H and O–H groups in total. The van der Waals surface area contributed by atoms with Crippen LogP contribution in [0.15, 0.2) is 18.5 Å². The number of nitrogens with zero attached hydrogens (tertiary/aromatic N) is 4. The summed E-state index contributed by atoms with van der Waals surface area (Å²) < 4.78 is 1.81. The van der Waals surface area contributed by atoms with Crippen molar-refractivity contribution in [1.82, 2.24) is 19.7 Å². The van der Waals surface area contributed by atoms with Crippen LogP contribution in [0.2, 0.25) is 0 Å². The Morgan fingerprint density at radius 1 is 1.35 bits per heavy atom. The summed E-state index contributed by atoms with van der Waals surface area (Å²) in [6, 6.07) is 1.66. The molecule has 1 fully saturated rings. The number of pyridine rings is 1. The molecule has 0 radical (unpaired) electrons. The molecule has 1 aliphatic heterocycles. The van der Waals surface area contributed by atoms with Crippen LogP contribution in [0.1, 0.15) is 43.6 Å². The summed E-state index contributed by atoms with van der Waals surface area (Å²) in [4.78, 5) is 29.9. The third-order valence-electron chi connectivity index (χ3n) is 4.50. The Bertz CT molecular complexity index is 768. The van der Waals surface area contributed by atoms with E-state index in [2.05, 4.69) is 10.1 Å². The van der Waals surface area contributed by atoms with Gasteiger partial charge in [0.1, 0.15) is 0 Å². The van der Waals surface area contributed by atoms with Crippen molar-refractivity contribution < 1.29 is 14.7 Å². The number of carbonyl (C=O) groups excluding carboxylic acids is 1. The number of carboxylic acid groups (broad SMARTS) is 1. The zero-order valence-corrected chi connectivity index (χ0v) is 13.4. The van der Waals surface area contributed by atoms with E-state index < -0.39 is 11.9 Å². The van der Waals surface area contributed by atoms with Gasteiger partial charge in [-0.3, -0.25) is 9.59 Å². The predicted octanol–water partition coefficient (Wildman–Crippen LogP) is 1.95. The zero-order chi connectivity index (χ0) is 16.7. The summed E-state index contributed by atoms with van der Waals surface area (Å²) in [6.07, 6.45) is 3.74. The van der Waals surface area contributed by atoms with E-state index in [1.165, 1.54) is 0 Å². The quantitative estimate of drug-likeness (QED) is 0.935. The third kappa shape index (κ3) is 2.56. The number of hydrogen-bond donors (Lipinski definition) is 1. The van der Waals surface area contributed by atoms with Crippen LogP contribution in [0.3, 0.4) is 0 Å². The highest BCUT2D eigenvalue weighted by Crippen LogP contribution is 2.26. The molecule has 1 aliphatic rings. The molecule has 7 nitrogen and oxygen atoms in total. The van der Waals surface area contributed by atoms with Crippen LogP contribution < -0.4 is 0 Å². The topological polar surface area (TPSA) is 88.3 Å². The van der Waals surface area contributed by atoms with Crippen LogP contribution >= 0.6 is 0 Å². The summed E-state index contributed by atoms with van der Waals surface area (Å²) in [6.45, 7) is 6.28. The largest absolute Gasteiger partial charge is 0.481 e. The average molecular weight is 316 g/mol. The molecular weight excluding hydrogens is 296 g/mol. The van der Waals surface area contributed by atoms with Crippen LogP contribution in [0.25, 0.3) is 11.0 Å². The van der Waals surface area contributed by atoms with Gasteiger partial charge in [0.2, 0.25) is 0 Å². The lowest BCUT2D eigenvalue weighted by Gasteiger charge is -2.23. The number of amides is 1. The van der Waals surface area contributed by atoms with E-state index in [0.29, 0.717) is 18.5 Å². The molecule has 1 amide bonds. The second-order valence-electron chi connectivity index (χ2n) is 6.29. The molecule has 7 heteroatoms. The van der Waals surface area contributed by atoms with Crippen molar-refractivity contribution in [2.75, 3.05) is 6.54 Å². The van der Waals surface area contributed by atoms with Crippen molar-refractivity contribution in [3.8, 4) is 0 Å². The maximum absolute atomic E-state index is 12.7. The van der Waals surface area contributed by atoms with Gasteiger partial charge in [-0.15, -0.1) is 0 Å². The van der Waals surface area contributed by atoms with Gasteiger partial charge in [0.25, 0.3) is 5.91 Å². The number of carboxylic acids is 1. The molecule has 3 rings (SSSR count). The van der Waals surface area contributed by atoms with Gasteiger partial charge in [-0.1, -0.05) is 0 Å². The smallest absolute Gasteiger partial charge is 0.308 e. The van der Waals surface area contributed by atoms with Crippen LogP contribution in [0.4, 0.5) is 0 Å². The van der Waals surface area contributed by atoms with Crippen molar-refractivity contribution in [3.05, 3.63) is 24.0 Å². The Balaban J connectivity index is 1.89. The molecule has 0 saturated carbocycles. The monoisotopic (exact) mass is 316 g/mol. The minimum Gasteiger partial charge on any atom is -0.481 e. The fraction of sp³-hybridized carbons (Fsp3) is 0.500. The first-order chi connectivity index (χ1) is 10.9. The molecule has 0 aromatic carbocycles. The summed E-state index contributed by atoms with van der Waals surface area (Å²) in [7, 11) is 0. The Kier molecular flexibility index (Phi) is 3.79. The number of rotatable bonds is 3. The second kappa shape index (κ2) is 5.64. The van der Waals surface area contributed by atoms with E-state index in [9.17, 15) is 14.7 Å². The molecular formula is C16H20N4O3. The lowest BCUT2D eigenvalue weighted by Crippen LogP contribution is -2.37. The van der Waals surface area contributed by atoms with Gasteiger partial charge in [0.15, 0.2) is 5.65 Å². The highest BCUT2D eigenvalue weighted by atomic mass is 16.4. The summed E-state index contributed by atoms with van der Waals surface area (Å²) in [5, 5.41) is 14.3. The van der Waals surface area contributed by atoms with E-state index in [1.54, 1.807) is 30.3 Å². The minimum atomic E-state index is -0.848. The van der Waals surface area contributed by atoms with Crippen molar-refractivity contribution in [2.45, 2.75) is 39.3 Å². The first-order valence-corrected chi connectivity index (χ1v) is 7.77. The fourth-order valence-corrected chi connectivity index (χ4v) is 3.16. The highest BCUT2D eigenvalue weighted by molar-refractivity contribution is 5.97. The number of aliphatic carboxylic acids is 1. The molecule has 2 aromatic heterocycles. The van der Waals surface area contributed by atoms with Gasteiger partial charge in [0, 0.05) is 30.2 Å². The van der Waals surface area contributed by atoms with Crippen LogP contribution in [-0.4, -0.2) is 49.2 Å². The minimum absolute atomic E-state index is 0.173. The SMILES string of the molecule is CC1C(C(=O)O)CCN1C(=O)c1cnc2c(cnn2C(C)C)c1. The van der Waals surface area contributed by atoms with Gasteiger partial charge >= 0.3 is 5.97 Å². The first-order valence-electron chi connectivity index (χ1n) is 7.77. The van der Waals surface area contributed by atoms with E-state index in [-0.39, 0.29) is 18.0 Å². The molecule has 0 bridgehead atoms. The number of carbonyl (C=O) groups is 2. The van der Waals surface area contributed by atoms with Gasteiger partial charge < -0.3 is 10.0 Å². The number of aromatic nitrogens is 3. The number of hydrogen-bond acceptors (Lipinski definition) is 4. The first kappa shape index (κ1) is 15.5. The Hall–Kier alpha value is -2.44. The maximum atomic E-state index is 12.7. The summed E-state index contributed by atoms with van der Waals surface area (Å²) >= 11 is 0. The zero-order valence-electron chi connectivity index (χ0n) is 13.4. The van der Waals surface area contributed by atoms with E-state index >= 15 is 0 Å². The number of fused-ring (bicyclic) bond motifs is 1. The summed E-state index contributed by atoms with van der Waals surface area (Å²) in [5.74, 6) is -1.52. The molecule has 122 valence electrons. The Morgan fingerprint density at radius 3 is 2.70 bits per heavy atom. The van der Waals surface area contributed by atoms with Gasteiger partial charge in [-0.05, 0) is 33.3 Å². The molecule has 1 saturated heterocycles. The molecule has 0 aliphatic carbocycles. The predicted molar refractivity (Wildman–Crippen MR) is 84.2 cm³/mol. The van der Waals surface area contributed by atoms with Crippen molar-refractivity contribution in [1.29, 1.82) is 0 Å². The highest BCUT2D eigenvalue weighted by Gasteiger charge is 2.38. The van der Waals surface area contributed by atoms with Crippen molar-refractivity contribution >= 4 is 22.9 Å². The normalized spacial score (nSPS) is 21.3. The molecule has 2 unspecified atom stereocenters. The van der Waals surface area contributed by atoms with Gasteiger partial charge in [0.05, 0.1) is 17.7 Å². The maximum Gasteiger partial charge on any atom is 0.308 e. The van der Waals surface area contributed by atoms with E-state index in [1.807, 2.05) is 18.5 Å². The van der Waals surface area contributed by atoms with Gasteiger partial charge in [-0.2, -0.15) is 5.10 Å². The van der Waals surface area contributed by atoms with E-state index in [4.69, 9.17) is 0 Å². The Labute approximate surface area is 133 Å². The van der Waals surface area contributed by atoms with Crippen LogP contribution in [0.5, 0.6) is 0 Å². The lowest BCUT2D eigenvalue weighted by molar-refractivity contribution is -0.142. The van der Waals surface area contributed by atoms with Crippen LogP contribution in [0, 0.1) is 5.92 Å². The number of likely N-dealkylation sites (tertiary alicyclic amines) is 1. The van der Waals surface area contributed by atoms with Crippen LogP contribution in [-0.2, 0) is 4.79 Å². The molecule has 23 heavy (non-hydrogen) atoms. The molecule has 0 spiro atoms. The summed E-state index contributed by atoms with van der Waals surface area (Å²) in [5.41, 5.74) is 1.22. The lowest BCUT2D eigenvalue weighted by atomic mass is 10.0. The second-order valence-corrected chi connectivity index (χ2v) is 6.29. The van der Waals surface area contributed by atoms with E-state index in [0.717, 1.165) is 11.0 Å². The standard InChI is InChI=1S/C16H20N4O3/c1-9(2)20-14-11(8-18-20)6-12(7-17-14)15(21)19-5-4-13(10(19)3)16(22)23/h6-10,13H,4-5H2,1-3H3,(H,22,23). The molecule has 3 heterocycles. The third-order valence-corrected chi connectivity index (χ3v) is 4.50. The Morgan fingerprint density at radius 2 is 2.09 bits per heavy atom.